The van der Waals surface area contributed by atoms with Crippen molar-refractivity contribution in [2.24, 2.45) is 4.99 Å². The van der Waals surface area contributed by atoms with E-state index in [2.05, 4.69) is 41.8 Å². The highest BCUT2D eigenvalue weighted by atomic mass is 79.9. The summed E-state index contributed by atoms with van der Waals surface area (Å²) in [6.07, 6.45) is 0. The summed E-state index contributed by atoms with van der Waals surface area (Å²) in [4.78, 5) is 21.0. The first-order valence-corrected chi connectivity index (χ1v) is 18.0. The van der Waals surface area contributed by atoms with Crippen LogP contribution in [0.25, 0.3) is 0 Å². The second-order valence-electron chi connectivity index (χ2n) is 10.7. The lowest BCUT2D eigenvalue weighted by Crippen LogP contribution is -3.00. The Bertz CT molecular complexity index is 1780. The molecule has 0 bridgehead atoms. The van der Waals surface area contributed by atoms with Gasteiger partial charge in [0.1, 0.15) is 17.3 Å². The minimum atomic E-state index is -1.13. The molecule has 0 spiro atoms. The highest BCUT2D eigenvalue weighted by molar-refractivity contribution is 9.10. The van der Waals surface area contributed by atoms with Crippen molar-refractivity contribution in [2.45, 2.75) is 5.72 Å². The van der Waals surface area contributed by atoms with E-state index in [9.17, 15) is 18.7 Å². The fourth-order valence-electron chi connectivity index (χ4n) is 5.38. The lowest BCUT2D eigenvalue weighted by atomic mass is 10.0. The molecular weight excluding hydrogens is 918 g/mol. The van der Waals surface area contributed by atoms with Crippen molar-refractivity contribution in [2.75, 3.05) is 47.5 Å². The van der Waals surface area contributed by atoms with E-state index in [1.54, 1.807) is 35.7 Å². The largest absolute Gasteiger partial charge is 1.00 e. The predicted molar refractivity (Wildman–Crippen MR) is 202 cm³/mol. The number of β-amino-alcohol motifs (C(OH)–C–C–N with tert-alkyl or cyclic N) is 1. The second kappa shape index (κ2) is 17.2. The van der Waals surface area contributed by atoms with E-state index >= 15 is 0 Å². The first-order valence-electron chi connectivity index (χ1n) is 14.5. The number of Topliss-reactive ketones (excluding diaryl/α,β-unsaturated/α-hetero) is 1. The van der Waals surface area contributed by atoms with Crippen LogP contribution in [-0.4, -0.2) is 63.5 Å². The number of carbonyl (C=O) groups is 1. The van der Waals surface area contributed by atoms with Gasteiger partial charge in [-0.25, -0.2) is 18.3 Å². The Balaban J connectivity index is 0.000000208. The maximum Gasteiger partial charge on any atom is 0.316 e. The molecule has 1 atom stereocenters. The lowest BCUT2D eigenvalue weighted by Gasteiger charge is -2.23. The molecule has 3 heterocycles. The van der Waals surface area contributed by atoms with Gasteiger partial charge in [0.25, 0.3) is 5.72 Å². The number of halogens is 6. The van der Waals surface area contributed by atoms with Gasteiger partial charge < -0.3 is 27.0 Å². The van der Waals surface area contributed by atoms with Gasteiger partial charge in [-0.2, -0.15) is 0 Å². The Hall–Kier alpha value is -2.07. The predicted octanol–water partition coefficient (Wildman–Crippen LogP) is 5.33. The van der Waals surface area contributed by atoms with Crippen LogP contribution in [0.2, 0.25) is 0 Å². The van der Waals surface area contributed by atoms with Crippen molar-refractivity contribution < 1.29 is 40.2 Å². The third-order valence-corrected chi connectivity index (χ3v) is 10.8. The van der Waals surface area contributed by atoms with Crippen molar-refractivity contribution >= 4 is 99.9 Å². The maximum atomic E-state index is 13.2. The van der Waals surface area contributed by atoms with E-state index in [0.29, 0.717) is 12.1 Å². The Kier molecular flexibility index (Phi) is 13.9. The summed E-state index contributed by atoms with van der Waals surface area (Å²) < 4.78 is 30.3. The van der Waals surface area contributed by atoms with Gasteiger partial charge in [0.05, 0.1) is 19.6 Å². The fraction of sp³-hybridized carbons (Fsp3) is 0.206. The van der Waals surface area contributed by atoms with E-state index in [0.717, 1.165) is 60.8 Å². The first kappa shape index (κ1) is 38.7. The molecule has 4 aromatic carbocycles. The van der Waals surface area contributed by atoms with E-state index in [1.165, 1.54) is 36.4 Å². The molecule has 252 valence electrons. The van der Waals surface area contributed by atoms with Crippen LogP contribution < -0.4 is 26.8 Å². The van der Waals surface area contributed by atoms with Gasteiger partial charge in [0, 0.05) is 37.3 Å². The molecule has 7 rings (SSSR count). The van der Waals surface area contributed by atoms with E-state index in [4.69, 9.17) is 0 Å². The number of anilines is 2. The number of rotatable bonds is 6. The van der Waals surface area contributed by atoms with Crippen molar-refractivity contribution in [1.29, 1.82) is 0 Å². The van der Waals surface area contributed by atoms with Crippen molar-refractivity contribution in [3.63, 3.8) is 0 Å². The standard InChI is InChI=1S/C17H15BrFN2OS.C17H14BrFN2OS.2BrH/c18-13-3-7-15(8-4-13)20-11-17(22,21-9-10-23-16(20)21)12-1-5-14(19)6-2-12;18-13-3-7-15(8-4-13)21(17-20-9-10-23-17)11-16(22)12-1-5-14(19)6-2-12;;/h1-8,22H,9-11H2;1-8H,9-11H2;2*1H/q+1;;;/p-1. The molecule has 0 amide bonds. The molecular formula is C34H30Br4F2N4O2S2. The van der Waals surface area contributed by atoms with Gasteiger partial charge in [-0.1, -0.05) is 43.6 Å². The maximum absolute atomic E-state index is 13.2. The van der Waals surface area contributed by atoms with Gasteiger partial charge in [0.2, 0.25) is 0 Å². The Labute approximate surface area is 324 Å². The van der Waals surface area contributed by atoms with Crippen LogP contribution in [0, 0.1) is 11.6 Å². The molecule has 0 radical (unpaired) electrons. The Morgan fingerprint density at radius 3 is 2.04 bits per heavy atom. The molecule has 0 aliphatic carbocycles. The van der Waals surface area contributed by atoms with E-state index < -0.39 is 5.72 Å². The first-order chi connectivity index (χ1) is 22.2. The molecule has 48 heavy (non-hydrogen) atoms. The average molecular weight is 948 g/mol. The number of aliphatic imine (C=N–C) groups is 1. The van der Waals surface area contributed by atoms with Gasteiger partial charge in [-0.3, -0.25) is 9.79 Å². The summed E-state index contributed by atoms with van der Waals surface area (Å²) in [6, 6.07) is 27.6. The minimum Gasteiger partial charge on any atom is -1.00 e. The lowest BCUT2D eigenvalue weighted by molar-refractivity contribution is -0.650. The fourth-order valence-corrected chi connectivity index (χ4v) is 7.96. The van der Waals surface area contributed by atoms with Crippen LogP contribution >= 0.6 is 72.4 Å². The average Bonchev–Trinajstić information content (AvgIpc) is 3.82. The van der Waals surface area contributed by atoms with Crippen LogP contribution in [0.4, 0.5) is 20.2 Å². The SMILES string of the molecule is Br.O=C(CN(C1=NCCS1)c1ccc(Br)cc1)c1ccc(F)cc1.OC1(c2ccc(F)cc2)CN(c2ccc(Br)cc2)C2=[N+]1CCS2.[Br-]. The molecule has 0 aromatic heterocycles. The van der Waals surface area contributed by atoms with Crippen LogP contribution in [0.5, 0.6) is 0 Å². The van der Waals surface area contributed by atoms with Gasteiger partial charge >= 0.3 is 5.17 Å². The molecule has 14 heteroatoms. The summed E-state index contributed by atoms with van der Waals surface area (Å²) in [6.45, 7) is 2.15. The number of nitrogens with zero attached hydrogens (tertiary/aromatic N) is 4. The van der Waals surface area contributed by atoms with Gasteiger partial charge in [0.15, 0.2) is 17.5 Å². The number of aliphatic hydroxyl groups is 1. The third-order valence-electron chi connectivity index (χ3n) is 7.68. The van der Waals surface area contributed by atoms with Crippen LogP contribution in [0.1, 0.15) is 15.9 Å². The topological polar surface area (TPSA) is 59.2 Å². The highest BCUT2D eigenvalue weighted by Crippen LogP contribution is 2.38. The highest BCUT2D eigenvalue weighted by Gasteiger charge is 2.54. The summed E-state index contributed by atoms with van der Waals surface area (Å²) in [5.41, 5.74) is 2.05. The van der Waals surface area contributed by atoms with Crippen LogP contribution in [-0.2, 0) is 5.72 Å². The molecule has 0 saturated heterocycles. The summed E-state index contributed by atoms with van der Waals surface area (Å²) in [5, 5.41) is 13.2. The Morgan fingerprint density at radius 1 is 0.875 bits per heavy atom. The molecule has 6 nitrogen and oxygen atoms in total. The van der Waals surface area contributed by atoms with Crippen molar-refractivity contribution in [3.8, 4) is 0 Å². The zero-order chi connectivity index (χ0) is 32.3. The monoisotopic (exact) mass is 944 g/mol. The number of hydrogen-bond donors (Lipinski definition) is 1. The smallest absolute Gasteiger partial charge is 0.316 e. The second-order valence-corrected chi connectivity index (χ2v) is 14.6. The van der Waals surface area contributed by atoms with Crippen molar-refractivity contribution in [3.05, 3.63) is 129 Å². The number of amidine groups is 2. The van der Waals surface area contributed by atoms with Crippen LogP contribution in [0.3, 0.4) is 0 Å². The molecule has 0 saturated carbocycles. The quantitative estimate of drug-likeness (QED) is 0.209. The zero-order valence-corrected chi connectivity index (χ0v) is 33.3. The minimum absolute atomic E-state index is 0. The zero-order valence-electron chi connectivity index (χ0n) is 25.2. The van der Waals surface area contributed by atoms with Gasteiger partial charge in [-0.15, -0.1) is 17.0 Å². The molecule has 4 aromatic rings. The third kappa shape index (κ3) is 8.80. The van der Waals surface area contributed by atoms with E-state index in [1.807, 2.05) is 58.0 Å². The van der Waals surface area contributed by atoms with E-state index in [-0.39, 0.29) is 57.9 Å². The van der Waals surface area contributed by atoms with Crippen LogP contribution in [0.15, 0.2) is 111 Å². The number of benzene rings is 4. The number of hydrogen-bond acceptors (Lipinski definition) is 7. The molecule has 1 unspecified atom stereocenters. The van der Waals surface area contributed by atoms with Gasteiger partial charge in [-0.05, 0) is 109 Å². The summed E-state index contributed by atoms with van der Waals surface area (Å²) in [7, 11) is 0. The number of ketones is 1. The molecule has 1 N–H and O–H groups in total. The summed E-state index contributed by atoms with van der Waals surface area (Å²) in [5.74, 6) is 1.16. The van der Waals surface area contributed by atoms with Crippen molar-refractivity contribution in [1.82, 2.24) is 0 Å². The number of thioether (sulfide) groups is 2. The normalized spacial score (nSPS) is 17.9. The summed E-state index contributed by atoms with van der Waals surface area (Å²) >= 11 is 10.3. The number of carbonyl (C=O) groups excluding carboxylic acids is 1. The molecule has 3 aliphatic rings. The Morgan fingerprint density at radius 2 is 1.46 bits per heavy atom. The molecule has 3 aliphatic heterocycles. The molecule has 0 fully saturated rings.